The average Bonchev–Trinajstić information content (AvgIpc) is 3.39. The van der Waals surface area contributed by atoms with E-state index in [9.17, 15) is 13.2 Å². The number of hydrogen-bond donors (Lipinski definition) is 1. The standard InChI is InChI=1S/C23H29N3O6S/c1-30-17-5-8-22(31-2)19(15-17)23(27)24-20-16-18(6-7-21(20)25-9-3-4-10-25)33(28,29)26-11-13-32-14-12-26/h5-8,15-16H,3-4,9-14H2,1-2H3,(H,24,27). The van der Waals surface area contributed by atoms with Crippen LogP contribution in [-0.4, -0.2) is 72.2 Å². The molecule has 2 aliphatic heterocycles. The summed E-state index contributed by atoms with van der Waals surface area (Å²) < 4.78 is 43.7. The molecule has 9 nitrogen and oxygen atoms in total. The molecule has 2 heterocycles. The number of morpholine rings is 1. The van der Waals surface area contributed by atoms with Crippen LogP contribution in [0.5, 0.6) is 11.5 Å². The van der Waals surface area contributed by atoms with Gasteiger partial charge in [-0.15, -0.1) is 0 Å². The number of carbonyl (C=O) groups excluding carboxylic acids is 1. The Labute approximate surface area is 194 Å². The van der Waals surface area contributed by atoms with Crippen molar-refractivity contribution in [1.82, 2.24) is 4.31 Å². The molecule has 0 saturated carbocycles. The predicted octanol–water partition coefficient (Wildman–Crippen LogP) is 2.58. The summed E-state index contributed by atoms with van der Waals surface area (Å²) in [4.78, 5) is 15.5. The zero-order valence-electron chi connectivity index (χ0n) is 18.9. The van der Waals surface area contributed by atoms with Crippen molar-refractivity contribution < 1.29 is 27.4 Å². The molecule has 0 atom stereocenters. The SMILES string of the molecule is COc1ccc(OC)c(C(=O)Nc2cc(S(=O)(=O)N3CCOCC3)ccc2N2CCCC2)c1. The van der Waals surface area contributed by atoms with Gasteiger partial charge >= 0.3 is 0 Å². The molecule has 178 valence electrons. The summed E-state index contributed by atoms with van der Waals surface area (Å²) in [5.74, 6) is 0.504. The lowest BCUT2D eigenvalue weighted by atomic mass is 10.1. The van der Waals surface area contributed by atoms with Crippen molar-refractivity contribution in [3.63, 3.8) is 0 Å². The van der Waals surface area contributed by atoms with E-state index in [2.05, 4.69) is 10.2 Å². The van der Waals surface area contributed by atoms with Gasteiger partial charge in [0.2, 0.25) is 10.0 Å². The molecule has 0 aliphatic carbocycles. The maximum Gasteiger partial charge on any atom is 0.259 e. The Balaban J connectivity index is 1.71. The molecule has 0 radical (unpaired) electrons. The highest BCUT2D eigenvalue weighted by Crippen LogP contribution is 2.34. The quantitative estimate of drug-likeness (QED) is 0.657. The number of amides is 1. The number of carbonyl (C=O) groups is 1. The molecule has 2 fully saturated rings. The van der Waals surface area contributed by atoms with Gasteiger partial charge in [-0.25, -0.2) is 8.42 Å². The van der Waals surface area contributed by atoms with Gasteiger partial charge in [-0.1, -0.05) is 0 Å². The fourth-order valence-corrected chi connectivity index (χ4v) is 5.56. The topological polar surface area (TPSA) is 97.4 Å². The number of hydrogen-bond acceptors (Lipinski definition) is 7. The minimum absolute atomic E-state index is 0.139. The Morgan fingerprint density at radius 1 is 0.970 bits per heavy atom. The summed E-state index contributed by atoms with van der Waals surface area (Å²) in [6, 6.07) is 9.90. The van der Waals surface area contributed by atoms with Gasteiger partial charge in [-0.2, -0.15) is 4.31 Å². The van der Waals surface area contributed by atoms with Gasteiger partial charge in [0.25, 0.3) is 5.91 Å². The Kier molecular flexibility index (Phi) is 7.06. The van der Waals surface area contributed by atoms with Crippen molar-refractivity contribution >= 4 is 27.3 Å². The Bertz CT molecular complexity index is 1110. The van der Waals surface area contributed by atoms with Crippen LogP contribution in [0.25, 0.3) is 0 Å². The molecule has 2 aromatic carbocycles. The lowest BCUT2D eigenvalue weighted by Crippen LogP contribution is -2.40. The van der Waals surface area contributed by atoms with Crippen LogP contribution in [0.2, 0.25) is 0 Å². The van der Waals surface area contributed by atoms with Crippen molar-refractivity contribution in [2.45, 2.75) is 17.7 Å². The Hall–Kier alpha value is -2.82. The van der Waals surface area contributed by atoms with E-state index in [0.717, 1.165) is 31.6 Å². The van der Waals surface area contributed by atoms with Crippen LogP contribution in [0.1, 0.15) is 23.2 Å². The third kappa shape index (κ3) is 4.92. The van der Waals surface area contributed by atoms with E-state index in [4.69, 9.17) is 14.2 Å². The first kappa shape index (κ1) is 23.3. The molecule has 33 heavy (non-hydrogen) atoms. The fraction of sp³-hybridized carbons (Fsp3) is 0.435. The van der Waals surface area contributed by atoms with E-state index in [0.29, 0.717) is 49.1 Å². The van der Waals surface area contributed by atoms with Crippen LogP contribution >= 0.6 is 0 Å². The zero-order chi connectivity index (χ0) is 23.4. The second kappa shape index (κ2) is 9.98. The van der Waals surface area contributed by atoms with Gasteiger partial charge in [-0.05, 0) is 49.2 Å². The van der Waals surface area contributed by atoms with Crippen LogP contribution in [-0.2, 0) is 14.8 Å². The first-order chi connectivity index (χ1) is 15.9. The van der Waals surface area contributed by atoms with Gasteiger partial charge in [0.1, 0.15) is 11.5 Å². The summed E-state index contributed by atoms with van der Waals surface area (Å²) in [7, 11) is -0.697. The van der Waals surface area contributed by atoms with E-state index in [1.165, 1.54) is 18.5 Å². The molecule has 2 aromatic rings. The van der Waals surface area contributed by atoms with Crippen LogP contribution in [0.15, 0.2) is 41.3 Å². The molecule has 4 rings (SSSR count). The third-order valence-corrected chi connectivity index (χ3v) is 7.82. The maximum absolute atomic E-state index is 13.3. The lowest BCUT2D eigenvalue weighted by molar-refractivity contribution is 0.0730. The largest absolute Gasteiger partial charge is 0.497 e. The second-order valence-corrected chi connectivity index (χ2v) is 9.85. The van der Waals surface area contributed by atoms with Crippen molar-refractivity contribution in [2.75, 3.05) is 63.8 Å². The van der Waals surface area contributed by atoms with E-state index < -0.39 is 15.9 Å². The predicted molar refractivity (Wildman–Crippen MR) is 125 cm³/mol. The summed E-state index contributed by atoms with van der Waals surface area (Å²) >= 11 is 0. The highest BCUT2D eigenvalue weighted by Gasteiger charge is 2.28. The number of nitrogens with zero attached hydrogens (tertiary/aromatic N) is 2. The van der Waals surface area contributed by atoms with Gasteiger partial charge in [-0.3, -0.25) is 4.79 Å². The van der Waals surface area contributed by atoms with Gasteiger partial charge in [0, 0.05) is 26.2 Å². The molecular formula is C23H29N3O6S. The van der Waals surface area contributed by atoms with Crippen molar-refractivity contribution in [3.8, 4) is 11.5 Å². The van der Waals surface area contributed by atoms with Gasteiger partial charge in [0.05, 0.1) is 49.3 Å². The molecular weight excluding hydrogens is 446 g/mol. The monoisotopic (exact) mass is 475 g/mol. The molecule has 2 aliphatic rings. The third-order valence-electron chi connectivity index (χ3n) is 5.92. The molecule has 1 amide bonds. The van der Waals surface area contributed by atoms with Crippen LogP contribution in [0.4, 0.5) is 11.4 Å². The van der Waals surface area contributed by atoms with E-state index in [-0.39, 0.29) is 4.90 Å². The van der Waals surface area contributed by atoms with Gasteiger partial charge < -0.3 is 24.4 Å². The van der Waals surface area contributed by atoms with E-state index in [1.54, 1.807) is 36.4 Å². The zero-order valence-corrected chi connectivity index (χ0v) is 19.7. The molecule has 0 aromatic heterocycles. The molecule has 10 heteroatoms. The van der Waals surface area contributed by atoms with Crippen molar-refractivity contribution in [2.24, 2.45) is 0 Å². The number of methoxy groups -OCH3 is 2. The fourth-order valence-electron chi connectivity index (χ4n) is 4.13. The van der Waals surface area contributed by atoms with Crippen molar-refractivity contribution in [3.05, 3.63) is 42.0 Å². The van der Waals surface area contributed by atoms with Crippen molar-refractivity contribution in [1.29, 1.82) is 0 Å². The second-order valence-electron chi connectivity index (χ2n) is 7.91. The first-order valence-corrected chi connectivity index (χ1v) is 12.4. The molecule has 0 unspecified atom stereocenters. The lowest BCUT2D eigenvalue weighted by Gasteiger charge is -2.27. The average molecular weight is 476 g/mol. The first-order valence-electron chi connectivity index (χ1n) is 10.9. The molecule has 2 saturated heterocycles. The van der Waals surface area contributed by atoms with Crippen LogP contribution in [0.3, 0.4) is 0 Å². The summed E-state index contributed by atoms with van der Waals surface area (Å²) in [6.07, 6.45) is 2.09. The highest BCUT2D eigenvalue weighted by atomic mass is 32.2. The molecule has 1 N–H and O–H groups in total. The number of rotatable bonds is 7. The Morgan fingerprint density at radius 2 is 1.70 bits per heavy atom. The number of benzene rings is 2. The molecule has 0 bridgehead atoms. The van der Waals surface area contributed by atoms with Crippen LogP contribution in [0, 0.1) is 0 Å². The molecule has 0 spiro atoms. The number of nitrogens with one attached hydrogen (secondary N) is 1. The minimum Gasteiger partial charge on any atom is -0.497 e. The highest BCUT2D eigenvalue weighted by molar-refractivity contribution is 7.89. The van der Waals surface area contributed by atoms with E-state index >= 15 is 0 Å². The normalized spacial score (nSPS) is 17.1. The van der Waals surface area contributed by atoms with Gasteiger partial charge in [0.15, 0.2) is 0 Å². The minimum atomic E-state index is -3.71. The summed E-state index contributed by atoms with van der Waals surface area (Å²) in [5, 5.41) is 2.92. The van der Waals surface area contributed by atoms with E-state index in [1.807, 2.05) is 0 Å². The summed E-state index contributed by atoms with van der Waals surface area (Å²) in [5.41, 5.74) is 1.54. The number of ether oxygens (including phenoxy) is 3. The maximum atomic E-state index is 13.3. The van der Waals surface area contributed by atoms with Crippen LogP contribution < -0.4 is 19.7 Å². The number of anilines is 2. The smallest absolute Gasteiger partial charge is 0.259 e. The Morgan fingerprint density at radius 3 is 2.36 bits per heavy atom. The number of sulfonamides is 1. The summed E-state index contributed by atoms with van der Waals surface area (Å²) in [6.45, 7) is 3.04.